The van der Waals surface area contributed by atoms with Crippen LogP contribution in [-0.4, -0.2) is 42.9 Å². The van der Waals surface area contributed by atoms with E-state index in [2.05, 4.69) is 22.5 Å². The van der Waals surface area contributed by atoms with Crippen LogP contribution in [0.3, 0.4) is 0 Å². The molecule has 26 heavy (non-hydrogen) atoms. The number of unbranched alkanes of at least 4 members (excludes halogenated alkanes) is 1. The maximum atomic E-state index is 13.4. The van der Waals surface area contributed by atoms with Gasteiger partial charge in [0.05, 0.1) is 5.92 Å². The SMILES string of the molecule is CC1CCN(CCCCNC(=O)C2CC(=O)Nc3cc(F)ccc32)CC1. The highest BCUT2D eigenvalue weighted by Gasteiger charge is 2.30. The molecule has 1 atom stereocenters. The van der Waals surface area contributed by atoms with E-state index in [0.717, 1.165) is 25.3 Å². The summed E-state index contributed by atoms with van der Waals surface area (Å²) in [7, 11) is 0. The van der Waals surface area contributed by atoms with E-state index in [-0.39, 0.29) is 18.2 Å². The zero-order chi connectivity index (χ0) is 18.5. The van der Waals surface area contributed by atoms with Crippen molar-refractivity contribution in [2.45, 2.75) is 44.9 Å². The normalized spacial score (nSPS) is 21.2. The fraction of sp³-hybridized carbons (Fsp3) is 0.600. The lowest BCUT2D eigenvalue weighted by molar-refractivity contribution is -0.126. The predicted octanol–water partition coefficient (Wildman–Crippen LogP) is 2.88. The third-order valence-corrected chi connectivity index (χ3v) is 5.45. The van der Waals surface area contributed by atoms with Gasteiger partial charge in [-0.2, -0.15) is 0 Å². The summed E-state index contributed by atoms with van der Waals surface area (Å²) in [4.78, 5) is 26.8. The number of piperidine rings is 1. The molecular weight excluding hydrogens is 333 g/mol. The van der Waals surface area contributed by atoms with Crippen LogP contribution in [0.4, 0.5) is 10.1 Å². The molecule has 2 heterocycles. The smallest absolute Gasteiger partial charge is 0.228 e. The molecule has 2 aliphatic rings. The number of fused-ring (bicyclic) bond motifs is 1. The van der Waals surface area contributed by atoms with Crippen molar-refractivity contribution >= 4 is 17.5 Å². The quantitative estimate of drug-likeness (QED) is 0.766. The van der Waals surface area contributed by atoms with Crippen LogP contribution in [0.15, 0.2) is 18.2 Å². The Morgan fingerprint density at radius 1 is 1.31 bits per heavy atom. The van der Waals surface area contributed by atoms with Gasteiger partial charge in [0.25, 0.3) is 0 Å². The molecule has 2 N–H and O–H groups in total. The van der Waals surface area contributed by atoms with E-state index >= 15 is 0 Å². The number of hydrogen-bond donors (Lipinski definition) is 2. The van der Waals surface area contributed by atoms with Crippen molar-refractivity contribution in [1.29, 1.82) is 0 Å². The minimum Gasteiger partial charge on any atom is -0.356 e. The van der Waals surface area contributed by atoms with Gasteiger partial charge in [-0.05, 0) is 68.9 Å². The number of nitrogens with zero attached hydrogens (tertiary/aromatic N) is 1. The Labute approximate surface area is 154 Å². The number of rotatable bonds is 6. The molecule has 5 nitrogen and oxygen atoms in total. The van der Waals surface area contributed by atoms with E-state index in [0.29, 0.717) is 17.8 Å². The van der Waals surface area contributed by atoms with E-state index in [1.807, 2.05) is 0 Å². The molecule has 1 saturated heterocycles. The number of nitrogens with one attached hydrogen (secondary N) is 2. The molecule has 3 rings (SSSR count). The molecule has 2 aliphatic heterocycles. The first-order valence-corrected chi connectivity index (χ1v) is 9.62. The average molecular weight is 361 g/mol. The van der Waals surface area contributed by atoms with Gasteiger partial charge >= 0.3 is 0 Å². The fourth-order valence-electron chi connectivity index (χ4n) is 3.75. The first kappa shape index (κ1) is 18.8. The predicted molar refractivity (Wildman–Crippen MR) is 99.5 cm³/mol. The Hall–Kier alpha value is -1.95. The standard InChI is InChI=1S/C20H28FN3O2/c1-14-6-10-24(11-7-14)9-3-2-8-22-20(26)17-13-19(25)23-18-12-15(21)4-5-16(17)18/h4-5,12,14,17H,2-3,6-11,13H2,1H3,(H,22,26)(H,23,25). The Balaban J connectivity index is 1.43. The van der Waals surface area contributed by atoms with Gasteiger partial charge in [0.15, 0.2) is 0 Å². The van der Waals surface area contributed by atoms with Crippen LogP contribution in [0.2, 0.25) is 0 Å². The van der Waals surface area contributed by atoms with Crippen molar-refractivity contribution in [2.75, 3.05) is 31.5 Å². The molecule has 142 valence electrons. The van der Waals surface area contributed by atoms with Gasteiger partial charge in [-0.15, -0.1) is 0 Å². The molecule has 6 heteroatoms. The number of likely N-dealkylation sites (tertiary alicyclic amines) is 1. The Bertz CT molecular complexity index is 656. The van der Waals surface area contributed by atoms with Crippen LogP contribution in [0, 0.1) is 11.7 Å². The fourth-order valence-corrected chi connectivity index (χ4v) is 3.75. The lowest BCUT2D eigenvalue weighted by Crippen LogP contribution is -2.36. The Morgan fingerprint density at radius 3 is 2.85 bits per heavy atom. The molecule has 0 spiro atoms. The van der Waals surface area contributed by atoms with Crippen molar-refractivity contribution in [2.24, 2.45) is 5.92 Å². The van der Waals surface area contributed by atoms with Gasteiger partial charge in [0.2, 0.25) is 11.8 Å². The number of benzene rings is 1. The topological polar surface area (TPSA) is 61.4 Å². The third kappa shape index (κ3) is 4.81. The highest BCUT2D eigenvalue weighted by atomic mass is 19.1. The van der Waals surface area contributed by atoms with Crippen LogP contribution >= 0.6 is 0 Å². The van der Waals surface area contributed by atoms with Gasteiger partial charge in [0, 0.05) is 18.7 Å². The number of carbonyl (C=O) groups is 2. The Kier molecular flexibility index (Phi) is 6.25. The molecule has 0 radical (unpaired) electrons. The van der Waals surface area contributed by atoms with Gasteiger partial charge in [-0.25, -0.2) is 4.39 Å². The number of amides is 2. The molecule has 0 bridgehead atoms. The molecule has 1 unspecified atom stereocenters. The molecular formula is C20H28FN3O2. The lowest BCUT2D eigenvalue weighted by Gasteiger charge is -2.30. The first-order chi connectivity index (χ1) is 12.5. The maximum absolute atomic E-state index is 13.4. The molecule has 1 aromatic carbocycles. The minimum absolute atomic E-state index is 0.108. The van der Waals surface area contributed by atoms with E-state index in [1.54, 1.807) is 6.07 Å². The Morgan fingerprint density at radius 2 is 2.08 bits per heavy atom. The van der Waals surface area contributed by atoms with Crippen LogP contribution in [0.5, 0.6) is 0 Å². The van der Waals surface area contributed by atoms with Crippen LogP contribution in [0.25, 0.3) is 0 Å². The zero-order valence-corrected chi connectivity index (χ0v) is 15.4. The summed E-state index contributed by atoms with van der Waals surface area (Å²) < 4.78 is 13.4. The molecule has 0 saturated carbocycles. The number of hydrogen-bond acceptors (Lipinski definition) is 3. The second kappa shape index (κ2) is 8.62. The van der Waals surface area contributed by atoms with Crippen molar-refractivity contribution in [1.82, 2.24) is 10.2 Å². The average Bonchev–Trinajstić information content (AvgIpc) is 2.61. The van der Waals surface area contributed by atoms with Crippen molar-refractivity contribution in [3.05, 3.63) is 29.6 Å². The van der Waals surface area contributed by atoms with E-state index in [1.165, 1.54) is 38.1 Å². The second-order valence-electron chi connectivity index (χ2n) is 7.56. The number of carbonyl (C=O) groups excluding carboxylic acids is 2. The van der Waals surface area contributed by atoms with Crippen LogP contribution in [-0.2, 0) is 9.59 Å². The lowest BCUT2D eigenvalue weighted by atomic mass is 9.89. The van der Waals surface area contributed by atoms with Crippen molar-refractivity contribution in [3.63, 3.8) is 0 Å². The summed E-state index contributed by atoms with van der Waals surface area (Å²) in [5.41, 5.74) is 1.09. The second-order valence-corrected chi connectivity index (χ2v) is 7.56. The van der Waals surface area contributed by atoms with Crippen LogP contribution in [0.1, 0.15) is 50.5 Å². The monoisotopic (exact) mass is 361 g/mol. The summed E-state index contributed by atoms with van der Waals surface area (Å²) in [6.07, 6.45) is 4.64. The van der Waals surface area contributed by atoms with Gasteiger partial charge in [-0.1, -0.05) is 13.0 Å². The molecule has 0 aliphatic carbocycles. The summed E-state index contributed by atoms with van der Waals surface area (Å²) in [6, 6.07) is 4.19. The summed E-state index contributed by atoms with van der Waals surface area (Å²) in [6.45, 7) is 6.36. The molecule has 2 amide bonds. The summed E-state index contributed by atoms with van der Waals surface area (Å²) >= 11 is 0. The van der Waals surface area contributed by atoms with Gasteiger partial charge in [0.1, 0.15) is 5.82 Å². The van der Waals surface area contributed by atoms with Gasteiger partial charge < -0.3 is 15.5 Å². The largest absolute Gasteiger partial charge is 0.356 e. The van der Waals surface area contributed by atoms with E-state index in [4.69, 9.17) is 0 Å². The van der Waals surface area contributed by atoms with Crippen molar-refractivity contribution < 1.29 is 14.0 Å². The number of anilines is 1. The highest BCUT2D eigenvalue weighted by Crippen LogP contribution is 2.32. The van der Waals surface area contributed by atoms with Crippen LogP contribution < -0.4 is 10.6 Å². The number of halogens is 1. The van der Waals surface area contributed by atoms with Crippen molar-refractivity contribution in [3.8, 4) is 0 Å². The zero-order valence-electron chi connectivity index (χ0n) is 15.4. The molecule has 0 aromatic heterocycles. The molecule has 1 aromatic rings. The van der Waals surface area contributed by atoms with Gasteiger partial charge in [-0.3, -0.25) is 9.59 Å². The highest BCUT2D eigenvalue weighted by molar-refractivity contribution is 6.01. The third-order valence-electron chi connectivity index (χ3n) is 5.45. The molecule has 1 fully saturated rings. The summed E-state index contributed by atoms with van der Waals surface area (Å²) in [5, 5.41) is 5.58. The first-order valence-electron chi connectivity index (χ1n) is 9.62. The maximum Gasteiger partial charge on any atom is 0.228 e. The van der Waals surface area contributed by atoms with E-state index in [9.17, 15) is 14.0 Å². The van der Waals surface area contributed by atoms with E-state index < -0.39 is 11.7 Å². The minimum atomic E-state index is -0.539. The summed E-state index contributed by atoms with van der Waals surface area (Å²) in [5.74, 6) is -0.517.